The molecule has 10 heteroatoms. The molecule has 0 radical (unpaired) electrons. The van der Waals surface area contributed by atoms with Crippen LogP contribution in [0, 0.1) is 0 Å². The summed E-state index contributed by atoms with van der Waals surface area (Å²) in [6, 6.07) is 14.4. The number of nitrogens with two attached hydrogens (primary N) is 2. The van der Waals surface area contributed by atoms with E-state index >= 15 is 0 Å². The summed E-state index contributed by atoms with van der Waals surface area (Å²) in [6.45, 7) is 0. The number of benzene rings is 1. The molecule has 1 aromatic carbocycles. The number of aromatic nitrogens is 2. The van der Waals surface area contributed by atoms with Crippen molar-refractivity contribution in [2.24, 2.45) is 5.10 Å². The number of rotatable bonds is 5. The molecule has 4 heterocycles. The highest BCUT2D eigenvalue weighted by molar-refractivity contribution is 7.99. The highest BCUT2D eigenvalue weighted by Gasteiger charge is 2.36. The van der Waals surface area contributed by atoms with E-state index in [0.717, 1.165) is 22.7 Å². The molecule has 9 nitrogen and oxygen atoms in total. The van der Waals surface area contributed by atoms with Gasteiger partial charge in [0.25, 0.3) is 5.91 Å². The highest BCUT2D eigenvalue weighted by Crippen LogP contribution is 2.35. The number of carbonyl (C=O) groups is 1. The van der Waals surface area contributed by atoms with E-state index in [1.54, 1.807) is 12.3 Å². The Morgan fingerprint density at radius 2 is 1.94 bits per heavy atom. The topological polar surface area (TPSA) is 137 Å². The third-order valence-corrected chi connectivity index (χ3v) is 5.65. The molecule has 1 aliphatic rings. The Bertz CT molecular complexity index is 1230. The van der Waals surface area contributed by atoms with E-state index in [1.807, 2.05) is 36.4 Å². The monoisotopic (exact) mass is 434 g/mol. The number of carbonyl (C=O) groups excluding carboxylic acids is 1. The number of furan rings is 2. The number of amides is 1. The van der Waals surface area contributed by atoms with Crippen molar-refractivity contribution in [3.63, 3.8) is 0 Å². The molecule has 0 spiro atoms. The van der Waals surface area contributed by atoms with E-state index in [4.69, 9.17) is 20.3 Å². The summed E-state index contributed by atoms with van der Waals surface area (Å²) in [5.41, 5.74) is 12.9. The molecule has 1 unspecified atom stereocenters. The number of fused-ring (bicyclic) bond motifs is 1. The van der Waals surface area contributed by atoms with E-state index in [0.29, 0.717) is 28.8 Å². The minimum absolute atomic E-state index is 0.0665. The zero-order valence-corrected chi connectivity index (χ0v) is 17.1. The van der Waals surface area contributed by atoms with Gasteiger partial charge in [0.15, 0.2) is 10.9 Å². The number of anilines is 2. The van der Waals surface area contributed by atoms with Crippen LogP contribution in [-0.2, 0) is 4.79 Å². The average Bonchev–Trinajstić information content (AvgIpc) is 3.49. The van der Waals surface area contributed by atoms with Crippen molar-refractivity contribution in [2.75, 3.05) is 17.2 Å². The lowest BCUT2D eigenvalue weighted by Gasteiger charge is -2.19. The number of hydrazone groups is 1. The Labute approximate surface area is 181 Å². The van der Waals surface area contributed by atoms with Crippen LogP contribution < -0.4 is 11.5 Å². The molecule has 156 valence electrons. The molecule has 4 aromatic rings. The van der Waals surface area contributed by atoms with Gasteiger partial charge in [-0.3, -0.25) is 4.79 Å². The quantitative estimate of drug-likeness (QED) is 0.360. The SMILES string of the molecule is Nc1cc(N)nc(SCC(=O)N2N=C(c3cc4ccccc4o3)CC2c2ccco2)n1. The minimum atomic E-state index is -0.363. The molecular formula is C21H18N6O3S. The van der Waals surface area contributed by atoms with Gasteiger partial charge in [0.1, 0.15) is 34.7 Å². The predicted molar refractivity (Wildman–Crippen MR) is 117 cm³/mol. The van der Waals surface area contributed by atoms with Gasteiger partial charge in [0.2, 0.25) is 0 Å². The zero-order valence-electron chi connectivity index (χ0n) is 16.3. The fourth-order valence-electron chi connectivity index (χ4n) is 3.43. The Kier molecular flexibility index (Phi) is 4.83. The lowest BCUT2D eigenvalue weighted by molar-refractivity contribution is -0.130. The van der Waals surface area contributed by atoms with Crippen molar-refractivity contribution in [3.8, 4) is 0 Å². The summed E-state index contributed by atoms with van der Waals surface area (Å²) in [6.07, 6.45) is 2.06. The highest BCUT2D eigenvalue weighted by atomic mass is 32.2. The molecule has 0 saturated carbocycles. The van der Waals surface area contributed by atoms with Gasteiger partial charge in [0.05, 0.1) is 12.0 Å². The van der Waals surface area contributed by atoms with Gasteiger partial charge in [-0.15, -0.1) is 0 Å². The molecule has 3 aromatic heterocycles. The van der Waals surface area contributed by atoms with Crippen molar-refractivity contribution < 1.29 is 13.6 Å². The van der Waals surface area contributed by atoms with Gasteiger partial charge in [-0.2, -0.15) is 5.10 Å². The molecular weight excluding hydrogens is 416 g/mol. The maximum atomic E-state index is 13.1. The van der Waals surface area contributed by atoms with E-state index in [-0.39, 0.29) is 29.3 Å². The first-order chi connectivity index (χ1) is 15.1. The summed E-state index contributed by atoms with van der Waals surface area (Å²) < 4.78 is 11.5. The molecule has 1 atom stereocenters. The van der Waals surface area contributed by atoms with Gasteiger partial charge in [-0.25, -0.2) is 15.0 Å². The van der Waals surface area contributed by atoms with Crippen LogP contribution in [0.3, 0.4) is 0 Å². The average molecular weight is 434 g/mol. The van der Waals surface area contributed by atoms with Crippen molar-refractivity contribution in [3.05, 3.63) is 66.3 Å². The van der Waals surface area contributed by atoms with Crippen LogP contribution >= 0.6 is 11.8 Å². The third kappa shape index (κ3) is 3.84. The Morgan fingerprint density at radius 1 is 1.13 bits per heavy atom. The number of hydrogen-bond donors (Lipinski definition) is 2. The smallest absolute Gasteiger partial charge is 0.253 e. The Morgan fingerprint density at radius 3 is 2.68 bits per heavy atom. The maximum Gasteiger partial charge on any atom is 0.253 e. The minimum Gasteiger partial charge on any atom is -0.467 e. The molecule has 1 aliphatic heterocycles. The van der Waals surface area contributed by atoms with Crippen molar-refractivity contribution in [1.82, 2.24) is 15.0 Å². The number of hydrogen-bond acceptors (Lipinski definition) is 9. The number of nitrogens with zero attached hydrogens (tertiary/aromatic N) is 4. The van der Waals surface area contributed by atoms with Crippen LogP contribution in [0.4, 0.5) is 11.6 Å². The van der Waals surface area contributed by atoms with Crippen LogP contribution in [0.1, 0.15) is 24.0 Å². The predicted octanol–water partition coefficient (Wildman–Crippen LogP) is 3.45. The van der Waals surface area contributed by atoms with E-state index < -0.39 is 0 Å². The van der Waals surface area contributed by atoms with Gasteiger partial charge in [0, 0.05) is 17.9 Å². The van der Waals surface area contributed by atoms with Crippen molar-refractivity contribution >= 4 is 46.0 Å². The molecule has 31 heavy (non-hydrogen) atoms. The first-order valence-corrected chi connectivity index (χ1v) is 10.5. The van der Waals surface area contributed by atoms with E-state index in [1.165, 1.54) is 11.1 Å². The molecule has 0 aliphatic carbocycles. The molecule has 5 rings (SSSR count). The molecule has 0 saturated heterocycles. The first-order valence-electron chi connectivity index (χ1n) is 9.51. The van der Waals surface area contributed by atoms with Gasteiger partial charge < -0.3 is 20.3 Å². The van der Waals surface area contributed by atoms with Gasteiger partial charge in [-0.05, 0) is 24.3 Å². The lowest BCUT2D eigenvalue weighted by Crippen LogP contribution is -2.28. The number of nitrogen functional groups attached to an aromatic ring is 2. The number of para-hydroxylation sites is 1. The fourth-order valence-corrected chi connectivity index (χ4v) is 4.16. The van der Waals surface area contributed by atoms with Crippen molar-refractivity contribution in [1.29, 1.82) is 0 Å². The van der Waals surface area contributed by atoms with Crippen LogP contribution in [0.25, 0.3) is 11.0 Å². The van der Waals surface area contributed by atoms with Crippen molar-refractivity contribution in [2.45, 2.75) is 17.6 Å². The Balaban J connectivity index is 1.41. The summed E-state index contributed by atoms with van der Waals surface area (Å²) in [4.78, 5) is 21.2. The molecule has 1 amide bonds. The summed E-state index contributed by atoms with van der Waals surface area (Å²) in [7, 11) is 0. The lowest BCUT2D eigenvalue weighted by atomic mass is 10.1. The van der Waals surface area contributed by atoms with Gasteiger partial charge >= 0.3 is 0 Å². The van der Waals surface area contributed by atoms with Crippen LogP contribution in [-0.4, -0.2) is 32.3 Å². The van der Waals surface area contributed by atoms with E-state index in [9.17, 15) is 4.79 Å². The summed E-state index contributed by atoms with van der Waals surface area (Å²) >= 11 is 1.15. The Hall–Kier alpha value is -3.79. The van der Waals surface area contributed by atoms with Crippen LogP contribution in [0.5, 0.6) is 0 Å². The maximum absolute atomic E-state index is 13.1. The van der Waals surface area contributed by atoms with E-state index in [2.05, 4.69) is 15.1 Å². The number of thioether (sulfide) groups is 1. The van der Waals surface area contributed by atoms with Crippen LogP contribution in [0.2, 0.25) is 0 Å². The first kappa shape index (κ1) is 19.2. The second kappa shape index (κ2) is 7.80. The normalized spacial score (nSPS) is 16.1. The largest absolute Gasteiger partial charge is 0.467 e. The fraction of sp³-hybridized carbons (Fsp3) is 0.143. The second-order valence-electron chi connectivity index (χ2n) is 6.96. The zero-order chi connectivity index (χ0) is 21.4. The molecule has 4 N–H and O–H groups in total. The third-order valence-electron chi connectivity index (χ3n) is 4.82. The second-order valence-corrected chi connectivity index (χ2v) is 7.90. The molecule has 0 bridgehead atoms. The van der Waals surface area contributed by atoms with Crippen LogP contribution in [0.15, 0.2) is 73.9 Å². The summed E-state index contributed by atoms with van der Waals surface area (Å²) in [5, 5.41) is 7.33. The standard InChI is InChI=1S/C21H18N6O3S/c22-18-10-19(23)25-21(24-18)31-11-20(28)27-14(16-6-3-7-29-16)9-13(26-27)17-8-12-4-1-2-5-15(12)30-17/h1-8,10,14H,9,11H2,(H4,22,23,24,25). The summed E-state index contributed by atoms with van der Waals surface area (Å²) in [5.74, 6) is 1.63. The van der Waals surface area contributed by atoms with Gasteiger partial charge in [-0.1, -0.05) is 30.0 Å². The molecule has 0 fully saturated rings.